The van der Waals surface area contributed by atoms with Gasteiger partial charge in [-0.3, -0.25) is 4.79 Å². The lowest BCUT2D eigenvalue weighted by Gasteiger charge is -2.48. The first-order valence-corrected chi connectivity index (χ1v) is 10.1. The molecule has 1 aromatic carbocycles. The number of benzene rings is 1. The maximum atomic E-state index is 11.1. The highest BCUT2D eigenvalue weighted by molar-refractivity contribution is 5.92. The fraction of sp³-hybridized carbons (Fsp3) is 0.667. The van der Waals surface area contributed by atoms with Crippen molar-refractivity contribution in [1.82, 2.24) is 4.90 Å². The molecule has 27 heavy (non-hydrogen) atoms. The Labute approximate surface area is 161 Å². The van der Waals surface area contributed by atoms with E-state index in [0.29, 0.717) is 12.2 Å². The molecule has 1 spiro atoms. The Morgan fingerprint density at radius 1 is 1.33 bits per heavy atom. The molecule has 0 unspecified atom stereocenters. The summed E-state index contributed by atoms with van der Waals surface area (Å²) >= 11 is 0. The van der Waals surface area contributed by atoms with Crippen molar-refractivity contribution in [3.8, 4) is 5.75 Å². The van der Waals surface area contributed by atoms with E-state index in [-0.39, 0.29) is 17.8 Å². The van der Waals surface area contributed by atoms with Crippen LogP contribution in [-0.4, -0.2) is 60.0 Å². The molecule has 0 aromatic heterocycles. The molecule has 0 bridgehead atoms. The van der Waals surface area contributed by atoms with E-state index in [2.05, 4.69) is 11.8 Å². The van der Waals surface area contributed by atoms with E-state index in [1.165, 1.54) is 0 Å². The van der Waals surface area contributed by atoms with Crippen LogP contribution in [0.4, 0.5) is 0 Å². The number of aliphatic hydroxyl groups excluding tert-OH is 1. The first-order valence-electron chi connectivity index (χ1n) is 10.1. The second kappa shape index (κ2) is 9.04. The highest BCUT2D eigenvalue weighted by atomic mass is 16.5. The summed E-state index contributed by atoms with van der Waals surface area (Å²) in [6.45, 7) is 5.79. The van der Waals surface area contributed by atoms with E-state index < -0.39 is 5.91 Å². The van der Waals surface area contributed by atoms with Gasteiger partial charge in [0.2, 0.25) is 5.91 Å². The molecule has 6 nitrogen and oxygen atoms in total. The molecule has 6 heteroatoms. The summed E-state index contributed by atoms with van der Waals surface area (Å²) in [6.07, 6.45) is 5.46. The molecule has 2 saturated heterocycles. The SMILES string of the molecule is CC[C@H]1C[C@@H](O)CC2(CCN(CCCOc3ccc(C(N)=O)cc3)CC2)O1. The fourth-order valence-corrected chi connectivity index (χ4v) is 4.22. The first-order chi connectivity index (χ1) is 13.0. The third kappa shape index (κ3) is 5.43. The van der Waals surface area contributed by atoms with E-state index in [4.69, 9.17) is 15.2 Å². The molecule has 2 aliphatic heterocycles. The minimum atomic E-state index is -0.427. The molecular weight excluding hydrogens is 344 g/mol. The molecule has 1 amide bonds. The molecule has 0 saturated carbocycles. The number of hydrogen-bond donors (Lipinski definition) is 2. The Hall–Kier alpha value is -1.63. The van der Waals surface area contributed by atoms with Crippen molar-refractivity contribution in [2.24, 2.45) is 5.73 Å². The van der Waals surface area contributed by atoms with Crippen LogP contribution >= 0.6 is 0 Å². The lowest BCUT2D eigenvalue weighted by Crippen LogP contribution is -2.52. The molecule has 0 radical (unpaired) electrons. The van der Waals surface area contributed by atoms with E-state index in [1.54, 1.807) is 24.3 Å². The van der Waals surface area contributed by atoms with Crippen molar-refractivity contribution in [2.45, 2.75) is 63.3 Å². The Morgan fingerprint density at radius 3 is 2.67 bits per heavy atom. The van der Waals surface area contributed by atoms with Crippen molar-refractivity contribution >= 4 is 5.91 Å². The number of amides is 1. The summed E-state index contributed by atoms with van der Waals surface area (Å²) in [7, 11) is 0. The van der Waals surface area contributed by atoms with Gasteiger partial charge in [0, 0.05) is 31.6 Å². The minimum Gasteiger partial charge on any atom is -0.494 e. The number of carbonyl (C=O) groups is 1. The molecule has 2 atom stereocenters. The zero-order chi connectivity index (χ0) is 19.3. The predicted molar refractivity (Wildman–Crippen MR) is 104 cm³/mol. The number of rotatable bonds is 7. The van der Waals surface area contributed by atoms with Gasteiger partial charge in [-0.15, -0.1) is 0 Å². The van der Waals surface area contributed by atoms with Gasteiger partial charge in [-0.1, -0.05) is 6.92 Å². The smallest absolute Gasteiger partial charge is 0.248 e. The number of ether oxygens (including phenoxy) is 2. The maximum Gasteiger partial charge on any atom is 0.248 e. The summed E-state index contributed by atoms with van der Waals surface area (Å²) in [5, 5.41) is 10.2. The van der Waals surface area contributed by atoms with Crippen LogP contribution < -0.4 is 10.5 Å². The standard InChI is InChI=1S/C21H32N2O4/c1-2-18-14-17(24)15-21(27-18)8-11-23(12-9-21)10-3-13-26-19-6-4-16(5-7-19)20(22)25/h4-7,17-18,24H,2-3,8-15H2,1H3,(H2,22,25)/t17-,18+/m1/s1. The molecule has 0 aliphatic carbocycles. The van der Waals surface area contributed by atoms with Crippen molar-refractivity contribution in [1.29, 1.82) is 0 Å². The largest absolute Gasteiger partial charge is 0.494 e. The van der Waals surface area contributed by atoms with Crippen LogP contribution in [0.3, 0.4) is 0 Å². The van der Waals surface area contributed by atoms with Gasteiger partial charge in [0.1, 0.15) is 5.75 Å². The number of nitrogens with two attached hydrogens (primary N) is 1. The number of nitrogens with zero attached hydrogens (tertiary/aromatic N) is 1. The van der Waals surface area contributed by atoms with Gasteiger partial charge in [0.15, 0.2) is 0 Å². The first kappa shape index (κ1) is 20.1. The summed E-state index contributed by atoms with van der Waals surface area (Å²) < 4.78 is 12.1. The number of likely N-dealkylation sites (tertiary alicyclic amines) is 1. The Bertz CT molecular complexity index is 611. The van der Waals surface area contributed by atoms with Crippen molar-refractivity contribution < 1.29 is 19.4 Å². The van der Waals surface area contributed by atoms with Gasteiger partial charge in [0.05, 0.1) is 24.4 Å². The van der Waals surface area contributed by atoms with E-state index in [0.717, 1.165) is 63.9 Å². The molecule has 2 heterocycles. The summed E-state index contributed by atoms with van der Waals surface area (Å²) in [5.74, 6) is 0.330. The van der Waals surface area contributed by atoms with Crippen LogP contribution in [0.15, 0.2) is 24.3 Å². The lowest BCUT2D eigenvalue weighted by atomic mass is 9.81. The Kier molecular flexibility index (Phi) is 6.73. The third-order valence-corrected chi connectivity index (χ3v) is 5.81. The second-order valence-corrected chi connectivity index (χ2v) is 7.86. The average molecular weight is 376 g/mol. The predicted octanol–water partition coefficient (Wildman–Crippen LogP) is 2.34. The number of carbonyl (C=O) groups excluding carboxylic acids is 1. The molecule has 2 aliphatic rings. The number of primary amides is 1. The van der Waals surface area contributed by atoms with E-state index in [1.807, 2.05) is 0 Å². The number of hydrogen-bond acceptors (Lipinski definition) is 5. The molecular formula is C21H32N2O4. The fourth-order valence-electron chi connectivity index (χ4n) is 4.22. The zero-order valence-electron chi connectivity index (χ0n) is 16.2. The summed E-state index contributed by atoms with van der Waals surface area (Å²) in [6, 6.07) is 6.93. The highest BCUT2D eigenvalue weighted by Crippen LogP contribution is 2.38. The molecule has 150 valence electrons. The van der Waals surface area contributed by atoms with Gasteiger partial charge in [-0.2, -0.15) is 0 Å². The Morgan fingerprint density at radius 2 is 2.04 bits per heavy atom. The topological polar surface area (TPSA) is 85.0 Å². The minimum absolute atomic E-state index is 0.118. The van der Waals surface area contributed by atoms with Gasteiger partial charge in [-0.05, 0) is 56.4 Å². The van der Waals surface area contributed by atoms with Gasteiger partial charge in [-0.25, -0.2) is 0 Å². The van der Waals surface area contributed by atoms with Gasteiger partial charge >= 0.3 is 0 Å². The summed E-state index contributed by atoms with van der Waals surface area (Å²) in [5.41, 5.74) is 5.61. The average Bonchev–Trinajstić information content (AvgIpc) is 2.66. The van der Waals surface area contributed by atoms with Crippen LogP contribution in [0.5, 0.6) is 5.75 Å². The summed E-state index contributed by atoms with van der Waals surface area (Å²) in [4.78, 5) is 13.5. The molecule has 3 N–H and O–H groups in total. The highest BCUT2D eigenvalue weighted by Gasteiger charge is 2.42. The van der Waals surface area contributed by atoms with Gasteiger partial charge in [0.25, 0.3) is 0 Å². The Balaban J connectivity index is 1.36. The van der Waals surface area contributed by atoms with Crippen LogP contribution in [0, 0.1) is 0 Å². The van der Waals surface area contributed by atoms with E-state index in [9.17, 15) is 9.90 Å². The molecule has 2 fully saturated rings. The monoisotopic (exact) mass is 376 g/mol. The van der Waals surface area contributed by atoms with Gasteiger partial charge < -0.3 is 25.2 Å². The zero-order valence-corrected chi connectivity index (χ0v) is 16.2. The van der Waals surface area contributed by atoms with Crippen molar-refractivity contribution in [3.63, 3.8) is 0 Å². The van der Waals surface area contributed by atoms with Crippen LogP contribution in [-0.2, 0) is 4.74 Å². The number of piperidine rings is 1. The van der Waals surface area contributed by atoms with E-state index >= 15 is 0 Å². The molecule has 1 aromatic rings. The maximum absolute atomic E-state index is 11.1. The quantitative estimate of drug-likeness (QED) is 0.714. The normalized spacial score (nSPS) is 25.4. The molecule has 3 rings (SSSR count). The lowest BCUT2D eigenvalue weighted by molar-refractivity contribution is -0.182. The van der Waals surface area contributed by atoms with Crippen LogP contribution in [0.2, 0.25) is 0 Å². The number of aliphatic hydroxyl groups is 1. The van der Waals surface area contributed by atoms with Crippen LogP contribution in [0.1, 0.15) is 55.8 Å². The van der Waals surface area contributed by atoms with Crippen LogP contribution in [0.25, 0.3) is 0 Å². The van der Waals surface area contributed by atoms with Crippen molar-refractivity contribution in [2.75, 3.05) is 26.2 Å². The van der Waals surface area contributed by atoms with Crippen molar-refractivity contribution in [3.05, 3.63) is 29.8 Å². The second-order valence-electron chi connectivity index (χ2n) is 7.86. The third-order valence-electron chi connectivity index (χ3n) is 5.81.